The van der Waals surface area contributed by atoms with E-state index in [-0.39, 0.29) is 17.2 Å². The molecule has 1 aromatic carbocycles. The molecule has 3 rings (SSSR count). The van der Waals surface area contributed by atoms with E-state index in [1.165, 1.54) is 28.8 Å². The van der Waals surface area contributed by atoms with Crippen LogP contribution in [0.5, 0.6) is 0 Å². The molecule has 1 amide bonds. The van der Waals surface area contributed by atoms with Gasteiger partial charge in [0.15, 0.2) is 0 Å². The normalized spacial score (nSPS) is 19.6. The Hall–Kier alpha value is -2.51. The van der Waals surface area contributed by atoms with Crippen LogP contribution in [0, 0.1) is 11.8 Å². The number of amides is 1. The van der Waals surface area contributed by atoms with Gasteiger partial charge in [0.25, 0.3) is 11.5 Å². The summed E-state index contributed by atoms with van der Waals surface area (Å²) in [5.74, 6) is 1.12. The van der Waals surface area contributed by atoms with Gasteiger partial charge in [0, 0.05) is 39.4 Å². The molecular formula is C23H32N4O3. The average Bonchev–Trinajstić information content (AvgIpc) is 2.71. The van der Waals surface area contributed by atoms with Gasteiger partial charge in [-0.15, -0.1) is 0 Å². The van der Waals surface area contributed by atoms with Gasteiger partial charge >= 0.3 is 0 Å². The second kappa shape index (κ2) is 10.5. The lowest BCUT2D eigenvalue weighted by molar-refractivity contribution is 0.0942. The maximum Gasteiger partial charge on any atom is 0.271 e. The molecule has 7 heteroatoms. The molecule has 0 saturated carbocycles. The molecule has 7 nitrogen and oxygen atoms in total. The minimum atomic E-state index is -0.295. The highest BCUT2D eigenvalue weighted by Crippen LogP contribution is 2.23. The van der Waals surface area contributed by atoms with Gasteiger partial charge in [-0.05, 0) is 35.4 Å². The lowest BCUT2D eigenvalue weighted by Gasteiger charge is -2.35. The van der Waals surface area contributed by atoms with Gasteiger partial charge in [0.05, 0.1) is 13.2 Å². The third-order valence-electron chi connectivity index (χ3n) is 5.50. The van der Waals surface area contributed by atoms with Crippen LogP contribution < -0.4 is 10.9 Å². The van der Waals surface area contributed by atoms with Crippen LogP contribution in [0.3, 0.4) is 0 Å². The molecule has 0 unspecified atom stereocenters. The number of likely N-dealkylation sites (tertiary alicyclic amines) is 1. The van der Waals surface area contributed by atoms with E-state index in [0.717, 1.165) is 25.2 Å². The molecule has 1 aliphatic heterocycles. The predicted molar refractivity (Wildman–Crippen MR) is 116 cm³/mol. The lowest BCUT2D eigenvalue weighted by atomic mass is 9.91. The molecule has 30 heavy (non-hydrogen) atoms. The topological polar surface area (TPSA) is 76.5 Å². The van der Waals surface area contributed by atoms with E-state index in [4.69, 9.17) is 4.74 Å². The van der Waals surface area contributed by atoms with Crippen molar-refractivity contribution < 1.29 is 9.53 Å². The van der Waals surface area contributed by atoms with Crippen LogP contribution >= 0.6 is 0 Å². The summed E-state index contributed by atoms with van der Waals surface area (Å²) in [6.07, 6.45) is 1.29. The zero-order chi connectivity index (χ0) is 21.5. The van der Waals surface area contributed by atoms with Crippen molar-refractivity contribution in [1.82, 2.24) is 20.0 Å². The van der Waals surface area contributed by atoms with Crippen LogP contribution in [-0.4, -0.2) is 47.4 Å². The maximum atomic E-state index is 12.6. The number of hydrogen-bond acceptors (Lipinski definition) is 5. The molecule has 0 radical (unpaired) electrons. The standard InChI is InChI=1S/C23H32N4O3/c1-17-12-18(2)15-26(14-17)16-20-7-5-4-6-19(20)13-24-23(29)21-8-9-22(28)27(25-21)10-11-30-3/h4-9,17-18H,10-16H2,1-3H3,(H,24,29)/t17-,18-/m1/s1. The van der Waals surface area contributed by atoms with Crippen LogP contribution in [0.2, 0.25) is 0 Å². The number of methoxy groups -OCH3 is 1. The van der Waals surface area contributed by atoms with E-state index >= 15 is 0 Å². The van der Waals surface area contributed by atoms with Crippen molar-refractivity contribution in [2.24, 2.45) is 11.8 Å². The highest BCUT2D eigenvalue weighted by atomic mass is 16.5. The van der Waals surface area contributed by atoms with E-state index in [9.17, 15) is 9.59 Å². The summed E-state index contributed by atoms with van der Waals surface area (Å²) in [7, 11) is 1.56. The quantitative estimate of drug-likeness (QED) is 0.720. The first-order chi connectivity index (χ1) is 14.5. The summed E-state index contributed by atoms with van der Waals surface area (Å²) in [5.41, 5.74) is 2.31. The third-order valence-corrected chi connectivity index (χ3v) is 5.50. The number of carbonyl (C=O) groups is 1. The molecule has 0 spiro atoms. The van der Waals surface area contributed by atoms with Crippen molar-refractivity contribution in [1.29, 1.82) is 0 Å². The molecule has 1 N–H and O–H groups in total. The minimum Gasteiger partial charge on any atom is -0.383 e. The van der Waals surface area contributed by atoms with Crippen molar-refractivity contribution in [2.45, 2.75) is 39.9 Å². The number of carbonyl (C=O) groups excluding carboxylic acids is 1. The zero-order valence-electron chi connectivity index (χ0n) is 18.1. The fraction of sp³-hybridized carbons (Fsp3) is 0.522. The monoisotopic (exact) mass is 412 g/mol. The molecule has 1 saturated heterocycles. The number of nitrogens with zero attached hydrogens (tertiary/aromatic N) is 3. The fourth-order valence-electron chi connectivity index (χ4n) is 4.22. The Bertz CT molecular complexity index is 901. The molecule has 1 fully saturated rings. The molecule has 2 atom stereocenters. The number of rotatable bonds is 8. The van der Waals surface area contributed by atoms with Gasteiger partial charge in [-0.1, -0.05) is 38.1 Å². The van der Waals surface area contributed by atoms with E-state index in [2.05, 4.69) is 41.3 Å². The van der Waals surface area contributed by atoms with Gasteiger partial charge in [-0.3, -0.25) is 14.5 Å². The summed E-state index contributed by atoms with van der Waals surface area (Å²) in [6.45, 7) is 8.83. The Balaban J connectivity index is 1.65. The number of ether oxygens (including phenoxy) is 1. The smallest absolute Gasteiger partial charge is 0.271 e. The number of benzene rings is 1. The highest BCUT2D eigenvalue weighted by molar-refractivity contribution is 5.91. The second-order valence-electron chi connectivity index (χ2n) is 8.36. The van der Waals surface area contributed by atoms with Crippen molar-refractivity contribution in [3.63, 3.8) is 0 Å². The van der Waals surface area contributed by atoms with E-state index < -0.39 is 0 Å². The molecule has 162 valence electrons. The van der Waals surface area contributed by atoms with E-state index in [1.54, 1.807) is 7.11 Å². The van der Waals surface area contributed by atoms with Crippen LogP contribution in [0.4, 0.5) is 0 Å². The summed E-state index contributed by atoms with van der Waals surface area (Å²) in [6, 6.07) is 11.1. The molecule has 2 heterocycles. The predicted octanol–water partition coefficient (Wildman–Crippen LogP) is 2.30. The van der Waals surface area contributed by atoms with Crippen molar-refractivity contribution >= 4 is 5.91 Å². The summed E-state index contributed by atoms with van der Waals surface area (Å²) in [4.78, 5) is 27.0. The van der Waals surface area contributed by atoms with Crippen LogP contribution in [0.1, 0.15) is 41.9 Å². The Morgan fingerprint density at radius 1 is 1.13 bits per heavy atom. The highest BCUT2D eigenvalue weighted by Gasteiger charge is 2.22. The van der Waals surface area contributed by atoms with E-state index in [0.29, 0.717) is 31.5 Å². The first-order valence-corrected chi connectivity index (χ1v) is 10.6. The largest absolute Gasteiger partial charge is 0.383 e. The number of piperidine rings is 1. The maximum absolute atomic E-state index is 12.6. The average molecular weight is 413 g/mol. The number of hydrogen-bond donors (Lipinski definition) is 1. The SMILES string of the molecule is COCCn1nc(C(=O)NCc2ccccc2CN2C[C@H](C)C[C@@H](C)C2)ccc1=O. The second-order valence-corrected chi connectivity index (χ2v) is 8.36. The molecule has 0 bridgehead atoms. The van der Waals surface area contributed by atoms with Crippen LogP contribution in [-0.2, 0) is 24.4 Å². The zero-order valence-corrected chi connectivity index (χ0v) is 18.1. The first-order valence-electron chi connectivity index (χ1n) is 10.6. The van der Waals surface area contributed by atoms with Crippen LogP contribution in [0.15, 0.2) is 41.2 Å². The van der Waals surface area contributed by atoms with Gasteiger partial charge in [0.1, 0.15) is 5.69 Å². The first kappa shape index (κ1) is 22.2. The molecule has 0 aliphatic carbocycles. The Morgan fingerprint density at radius 3 is 2.53 bits per heavy atom. The lowest BCUT2D eigenvalue weighted by Crippen LogP contribution is -2.38. The van der Waals surface area contributed by atoms with Gasteiger partial charge in [-0.25, -0.2) is 4.68 Å². The fourth-order valence-corrected chi connectivity index (χ4v) is 4.22. The van der Waals surface area contributed by atoms with Gasteiger partial charge < -0.3 is 10.1 Å². The van der Waals surface area contributed by atoms with Crippen molar-refractivity contribution in [3.05, 3.63) is 63.6 Å². The van der Waals surface area contributed by atoms with Crippen molar-refractivity contribution in [3.8, 4) is 0 Å². The number of nitrogens with one attached hydrogen (secondary N) is 1. The summed E-state index contributed by atoms with van der Waals surface area (Å²) in [5, 5.41) is 7.11. The summed E-state index contributed by atoms with van der Waals surface area (Å²) >= 11 is 0. The van der Waals surface area contributed by atoms with Gasteiger partial charge in [0.2, 0.25) is 0 Å². The molecule has 2 aromatic rings. The molecular weight excluding hydrogens is 380 g/mol. The third kappa shape index (κ3) is 6.00. The van der Waals surface area contributed by atoms with Crippen LogP contribution in [0.25, 0.3) is 0 Å². The minimum absolute atomic E-state index is 0.224. The van der Waals surface area contributed by atoms with Crippen molar-refractivity contribution in [2.75, 3.05) is 26.8 Å². The Labute approximate surface area is 178 Å². The number of aromatic nitrogens is 2. The van der Waals surface area contributed by atoms with E-state index in [1.807, 2.05) is 12.1 Å². The molecule has 1 aromatic heterocycles. The van der Waals surface area contributed by atoms with Gasteiger partial charge in [-0.2, -0.15) is 5.10 Å². The Kier molecular flexibility index (Phi) is 7.76. The summed E-state index contributed by atoms with van der Waals surface area (Å²) < 4.78 is 6.25. The Morgan fingerprint density at radius 2 is 1.83 bits per heavy atom. The molecule has 1 aliphatic rings.